The van der Waals surface area contributed by atoms with Gasteiger partial charge < -0.3 is 0 Å². The van der Waals surface area contributed by atoms with Gasteiger partial charge >= 0.3 is 0 Å². The lowest BCUT2D eigenvalue weighted by atomic mass is 9.90. The van der Waals surface area contributed by atoms with Gasteiger partial charge in [-0.3, -0.25) is 5.01 Å². The quantitative estimate of drug-likeness (QED) is 0.580. The van der Waals surface area contributed by atoms with E-state index in [0.717, 1.165) is 32.4 Å². The molecular weight excluding hydrogens is 316 g/mol. The first-order chi connectivity index (χ1) is 12.9. The molecule has 3 aromatic rings. The molecule has 3 aromatic carbocycles. The number of aryl methyl sites for hydroxylation is 1. The highest BCUT2D eigenvalue weighted by atomic mass is 15.4. The van der Waals surface area contributed by atoms with E-state index in [1.807, 2.05) is 0 Å². The molecule has 0 amide bonds. The van der Waals surface area contributed by atoms with Gasteiger partial charge in [-0.1, -0.05) is 84.9 Å². The smallest absolute Gasteiger partial charge is 0.0614 e. The van der Waals surface area contributed by atoms with Gasteiger partial charge in [0, 0.05) is 12.1 Å². The first-order valence-electron chi connectivity index (χ1n) is 9.33. The van der Waals surface area contributed by atoms with Gasteiger partial charge in [0.2, 0.25) is 0 Å². The number of hydrogen-bond acceptors (Lipinski definition) is 2. The van der Waals surface area contributed by atoms with Gasteiger partial charge in [0.15, 0.2) is 0 Å². The minimum absolute atomic E-state index is 0.834. The van der Waals surface area contributed by atoms with Gasteiger partial charge in [-0.05, 0) is 35.1 Å². The third kappa shape index (κ3) is 4.20. The largest absolute Gasteiger partial charge is 0.288 e. The van der Waals surface area contributed by atoms with Crippen LogP contribution >= 0.6 is 0 Å². The fraction of sp³-hybridized carbons (Fsp3) is 0.208. The fourth-order valence-corrected chi connectivity index (χ4v) is 3.56. The Morgan fingerprint density at radius 1 is 0.615 bits per heavy atom. The molecule has 130 valence electrons. The maximum atomic E-state index is 5.07. The molecule has 1 aliphatic rings. The van der Waals surface area contributed by atoms with E-state index >= 15 is 0 Å². The van der Waals surface area contributed by atoms with Crippen molar-refractivity contribution in [2.45, 2.75) is 32.4 Å². The van der Waals surface area contributed by atoms with Gasteiger partial charge in [0.05, 0.1) is 13.1 Å². The second-order valence-electron chi connectivity index (χ2n) is 6.91. The highest BCUT2D eigenvalue weighted by molar-refractivity contribution is 5.88. The van der Waals surface area contributed by atoms with Crippen molar-refractivity contribution in [2.24, 2.45) is 5.10 Å². The van der Waals surface area contributed by atoms with Crippen molar-refractivity contribution in [3.05, 3.63) is 107 Å². The summed E-state index contributed by atoms with van der Waals surface area (Å²) < 4.78 is 0. The number of hydrazone groups is 1. The Hall–Kier alpha value is -2.87. The summed E-state index contributed by atoms with van der Waals surface area (Å²) in [7, 11) is 0. The van der Waals surface area contributed by atoms with E-state index in [-0.39, 0.29) is 0 Å². The van der Waals surface area contributed by atoms with Crippen LogP contribution in [-0.4, -0.2) is 10.7 Å². The molecule has 0 N–H and O–H groups in total. The average molecular weight is 340 g/mol. The van der Waals surface area contributed by atoms with E-state index in [1.165, 1.54) is 28.0 Å². The molecular formula is C24H24N2. The number of benzene rings is 3. The van der Waals surface area contributed by atoms with Gasteiger partial charge in [0.25, 0.3) is 0 Å². The zero-order valence-electron chi connectivity index (χ0n) is 15.0. The minimum Gasteiger partial charge on any atom is -0.288 e. The summed E-state index contributed by atoms with van der Waals surface area (Å²) in [6.45, 7) is 1.67. The van der Waals surface area contributed by atoms with Crippen molar-refractivity contribution >= 4 is 5.71 Å². The third-order valence-electron chi connectivity index (χ3n) is 4.89. The van der Waals surface area contributed by atoms with Crippen LogP contribution in [-0.2, 0) is 25.9 Å². The molecule has 0 unspecified atom stereocenters. The zero-order chi connectivity index (χ0) is 17.6. The van der Waals surface area contributed by atoms with Crippen molar-refractivity contribution < 1.29 is 0 Å². The first kappa shape index (κ1) is 16.6. The molecule has 0 heterocycles. The predicted molar refractivity (Wildman–Crippen MR) is 108 cm³/mol. The lowest BCUT2D eigenvalue weighted by Crippen LogP contribution is -2.22. The molecule has 0 radical (unpaired) electrons. The summed E-state index contributed by atoms with van der Waals surface area (Å²) in [5.41, 5.74) is 6.78. The van der Waals surface area contributed by atoms with E-state index < -0.39 is 0 Å². The van der Waals surface area contributed by atoms with Gasteiger partial charge in [0.1, 0.15) is 0 Å². The van der Waals surface area contributed by atoms with E-state index in [9.17, 15) is 0 Å². The van der Waals surface area contributed by atoms with Crippen LogP contribution in [0.3, 0.4) is 0 Å². The summed E-state index contributed by atoms with van der Waals surface area (Å²) in [6, 6.07) is 30.0. The molecule has 4 rings (SSSR count). The molecule has 0 fully saturated rings. The predicted octanol–water partition coefficient (Wildman–Crippen LogP) is 5.23. The fourth-order valence-electron chi connectivity index (χ4n) is 3.56. The minimum atomic E-state index is 0.834. The molecule has 2 heteroatoms. The van der Waals surface area contributed by atoms with Gasteiger partial charge in [-0.15, -0.1) is 0 Å². The second-order valence-corrected chi connectivity index (χ2v) is 6.91. The van der Waals surface area contributed by atoms with E-state index in [4.69, 9.17) is 5.10 Å². The summed E-state index contributed by atoms with van der Waals surface area (Å²) >= 11 is 0. The van der Waals surface area contributed by atoms with Crippen LogP contribution in [0.5, 0.6) is 0 Å². The molecule has 1 aliphatic carbocycles. The molecule has 0 bridgehead atoms. The van der Waals surface area contributed by atoms with Crippen molar-refractivity contribution in [1.29, 1.82) is 0 Å². The summed E-state index contributed by atoms with van der Waals surface area (Å²) in [5, 5.41) is 7.29. The molecule has 0 aliphatic heterocycles. The Balaban J connectivity index is 1.56. The normalized spacial score (nSPS) is 14.8. The van der Waals surface area contributed by atoms with Crippen molar-refractivity contribution in [2.75, 3.05) is 0 Å². The molecule has 26 heavy (non-hydrogen) atoms. The van der Waals surface area contributed by atoms with Crippen molar-refractivity contribution in [3.8, 4) is 0 Å². The lowest BCUT2D eigenvalue weighted by molar-refractivity contribution is 0.269. The third-order valence-corrected chi connectivity index (χ3v) is 4.89. The topological polar surface area (TPSA) is 15.6 Å². The Bertz CT molecular complexity index is 827. The first-order valence-corrected chi connectivity index (χ1v) is 9.33. The van der Waals surface area contributed by atoms with Crippen LogP contribution in [0.2, 0.25) is 0 Å². The lowest BCUT2D eigenvalue weighted by Gasteiger charge is -2.24. The molecule has 0 saturated heterocycles. The SMILES string of the molecule is c1ccc(CN(Cc2ccccc2)N=C2CCc3ccccc3C2)cc1. The van der Waals surface area contributed by atoms with E-state index in [1.54, 1.807) is 0 Å². The van der Waals surface area contributed by atoms with Gasteiger partial charge in [-0.25, -0.2) is 0 Å². The molecule has 0 spiro atoms. The van der Waals surface area contributed by atoms with Crippen molar-refractivity contribution in [1.82, 2.24) is 5.01 Å². The zero-order valence-corrected chi connectivity index (χ0v) is 15.0. The highest BCUT2D eigenvalue weighted by Crippen LogP contribution is 2.20. The number of hydrogen-bond donors (Lipinski definition) is 0. The monoisotopic (exact) mass is 340 g/mol. The molecule has 0 saturated carbocycles. The maximum absolute atomic E-state index is 5.07. The summed E-state index contributed by atoms with van der Waals surface area (Å²) in [4.78, 5) is 0. The van der Waals surface area contributed by atoms with Crippen LogP contribution in [0.1, 0.15) is 28.7 Å². The second kappa shape index (κ2) is 8.01. The molecule has 2 nitrogen and oxygen atoms in total. The van der Waals surface area contributed by atoms with Crippen molar-refractivity contribution in [3.63, 3.8) is 0 Å². The average Bonchev–Trinajstić information content (AvgIpc) is 2.69. The van der Waals surface area contributed by atoms with Crippen LogP contribution < -0.4 is 0 Å². The van der Waals surface area contributed by atoms with Crippen LogP contribution in [0.25, 0.3) is 0 Å². The Labute approximate surface area is 155 Å². The molecule has 0 aromatic heterocycles. The van der Waals surface area contributed by atoms with Crippen LogP contribution in [0.4, 0.5) is 0 Å². The number of fused-ring (bicyclic) bond motifs is 1. The highest BCUT2D eigenvalue weighted by Gasteiger charge is 2.15. The van der Waals surface area contributed by atoms with E-state index in [2.05, 4.69) is 89.9 Å². The number of nitrogens with zero attached hydrogens (tertiary/aromatic N) is 2. The van der Waals surface area contributed by atoms with Crippen LogP contribution in [0.15, 0.2) is 90.0 Å². The Kier molecular flexibility index (Phi) is 5.11. The summed E-state index contributed by atoms with van der Waals surface area (Å²) in [5.74, 6) is 0. The van der Waals surface area contributed by atoms with Crippen LogP contribution in [0, 0.1) is 0 Å². The van der Waals surface area contributed by atoms with E-state index in [0.29, 0.717) is 0 Å². The summed E-state index contributed by atoms with van der Waals surface area (Å²) in [6.07, 6.45) is 3.12. The number of rotatable bonds is 5. The maximum Gasteiger partial charge on any atom is 0.0614 e. The standard InChI is InChI=1S/C24H24N2/c1-3-9-20(10-4-1)18-26(19-21-11-5-2-6-12-21)25-24-16-15-22-13-7-8-14-23(22)17-24/h1-14H,15-19H2. The Morgan fingerprint density at radius 2 is 1.15 bits per heavy atom. The van der Waals surface area contributed by atoms with Gasteiger partial charge in [-0.2, -0.15) is 5.10 Å². The molecule has 0 atom stereocenters. The Morgan fingerprint density at radius 3 is 1.77 bits per heavy atom.